The van der Waals surface area contributed by atoms with E-state index in [9.17, 15) is 5.53 Å². The van der Waals surface area contributed by atoms with Gasteiger partial charge in [-0.2, -0.15) is 0 Å². The van der Waals surface area contributed by atoms with Crippen molar-refractivity contribution in [3.63, 3.8) is 0 Å². The van der Waals surface area contributed by atoms with E-state index in [2.05, 4.69) is 75.4 Å². The minimum atomic E-state index is 0. The van der Waals surface area contributed by atoms with E-state index in [1.165, 1.54) is 98.4 Å². The Kier molecular flexibility index (Phi) is 16.5. The van der Waals surface area contributed by atoms with Gasteiger partial charge in [0.15, 0.2) is 0 Å². The Morgan fingerprint density at radius 3 is 1.64 bits per heavy atom. The Hall–Kier alpha value is -1.82. The molecule has 0 amide bonds. The summed E-state index contributed by atoms with van der Waals surface area (Å²) in [7, 11) is 0. The fraction of sp³-hybridized carbons (Fsp3) is 0.556. The van der Waals surface area contributed by atoms with E-state index in [4.69, 9.17) is 0 Å². The summed E-state index contributed by atoms with van der Waals surface area (Å²) in [5.41, 5.74) is 19.6. The number of nitrogens with zero attached hydrogens (tertiary/aromatic N) is 2. The van der Waals surface area contributed by atoms with Gasteiger partial charge in [-0.05, 0) is 73.9 Å². The molecule has 0 bridgehead atoms. The SMILES string of the molecule is CCCCCCCCc1cccc(C2=CC(CCCC)=C(c3cccc(CCCCCCCC)c3)[N+]2=[N-])c1.[H-].[H-].[Pd]. The number of hydrogen-bond donors (Lipinski definition) is 0. The van der Waals surface area contributed by atoms with Gasteiger partial charge in [0.05, 0.1) is 0 Å². The van der Waals surface area contributed by atoms with Crippen molar-refractivity contribution in [2.24, 2.45) is 0 Å². The largest absolute Gasteiger partial charge is 1.00 e. The third kappa shape index (κ3) is 10.9. The Bertz CT molecular complexity index is 1080. The van der Waals surface area contributed by atoms with Crippen molar-refractivity contribution in [2.75, 3.05) is 0 Å². The van der Waals surface area contributed by atoms with Crippen molar-refractivity contribution >= 4 is 11.4 Å². The molecule has 0 unspecified atom stereocenters. The molecule has 2 aromatic rings. The molecule has 39 heavy (non-hydrogen) atoms. The van der Waals surface area contributed by atoms with E-state index in [1.807, 2.05) is 0 Å². The average Bonchev–Trinajstić information content (AvgIpc) is 3.27. The molecular formula is C36H54N2Pd-2. The zero-order valence-electron chi connectivity index (χ0n) is 26.9. The van der Waals surface area contributed by atoms with Gasteiger partial charge in [0.2, 0.25) is 11.4 Å². The van der Waals surface area contributed by atoms with Crippen LogP contribution in [0.15, 0.2) is 60.2 Å². The predicted molar refractivity (Wildman–Crippen MR) is 167 cm³/mol. The van der Waals surface area contributed by atoms with Crippen LogP contribution in [0.25, 0.3) is 16.9 Å². The molecule has 0 N–H and O–H groups in total. The van der Waals surface area contributed by atoms with Crippen molar-refractivity contribution in [3.8, 4) is 0 Å². The maximum absolute atomic E-state index is 11.5. The number of benzene rings is 2. The van der Waals surface area contributed by atoms with Crippen LogP contribution in [0.5, 0.6) is 0 Å². The van der Waals surface area contributed by atoms with Crippen molar-refractivity contribution in [1.29, 1.82) is 0 Å². The van der Waals surface area contributed by atoms with Gasteiger partial charge >= 0.3 is 0 Å². The molecule has 0 aromatic heterocycles. The van der Waals surface area contributed by atoms with Gasteiger partial charge in [-0.1, -0.05) is 116 Å². The third-order valence-electron chi connectivity index (χ3n) is 7.92. The van der Waals surface area contributed by atoms with Gasteiger partial charge in [0.1, 0.15) is 0 Å². The number of unbranched alkanes of at least 4 members (excludes halogenated alkanes) is 11. The third-order valence-corrected chi connectivity index (χ3v) is 7.92. The zero-order valence-corrected chi connectivity index (χ0v) is 26.5. The van der Waals surface area contributed by atoms with E-state index in [-0.39, 0.29) is 23.3 Å². The first-order valence-corrected chi connectivity index (χ1v) is 15.8. The van der Waals surface area contributed by atoms with Crippen LogP contribution in [0.1, 0.15) is 142 Å². The Morgan fingerprint density at radius 1 is 0.590 bits per heavy atom. The summed E-state index contributed by atoms with van der Waals surface area (Å²) in [5, 5.41) is 0. The number of rotatable bonds is 19. The van der Waals surface area contributed by atoms with E-state index >= 15 is 0 Å². The van der Waals surface area contributed by atoms with Crippen LogP contribution in [-0.4, -0.2) is 4.70 Å². The molecule has 0 saturated carbocycles. The molecule has 3 heteroatoms. The second-order valence-electron chi connectivity index (χ2n) is 11.3. The molecule has 0 atom stereocenters. The molecule has 0 fully saturated rings. The molecule has 0 saturated heterocycles. The molecule has 1 aliphatic heterocycles. The summed E-state index contributed by atoms with van der Waals surface area (Å²) in [6.07, 6.45) is 23.5. The summed E-state index contributed by atoms with van der Waals surface area (Å²) >= 11 is 0. The smallest absolute Gasteiger partial charge is 0.210 e. The summed E-state index contributed by atoms with van der Waals surface area (Å²) in [6.45, 7) is 6.79. The molecule has 0 aliphatic carbocycles. The molecule has 2 nitrogen and oxygen atoms in total. The fourth-order valence-electron chi connectivity index (χ4n) is 5.60. The van der Waals surface area contributed by atoms with Crippen LogP contribution >= 0.6 is 0 Å². The van der Waals surface area contributed by atoms with Crippen molar-refractivity contribution in [2.45, 2.75) is 130 Å². The summed E-state index contributed by atoms with van der Waals surface area (Å²) < 4.78 is 1.47. The van der Waals surface area contributed by atoms with Crippen LogP contribution < -0.4 is 0 Å². The van der Waals surface area contributed by atoms with Crippen molar-refractivity contribution < 1.29 is 28.0 Å². The van der Waals surface area contributed by atoms with Crippen LogP contribution in [0.2, 0.25) is 0 Å². The second kappa shape index (κ2) is 19.3. The van der Waals surface area contributed by atoms with Gasteiger partial charge in [0.25, 0.3) is 0 Å². The molecular weight excluding hydrogens is 567 g/mol. The average molecular weight is 621 g/mol. The van der Waals surface area contributed by atoms with Gasteiger partial charge in [-0.25, -0.2) is 4.70 Å². The Labute approximate surface area is 256 Å². The maximum Gasteiger partial charge on any atom is 0.210 e. The number of aryl methyl sites for hydroxylation is 2. The molecule has 2 aromatic carbocycles. The fourth-order valence-corrected chi connectivity index (χ4v) is 5.60. The summed E-state index contributed by atoms with van der Waals surface area (Å²) in [4.78, 5) is 0. The Morgan fingerprint density at radius 2 is 1.08 bits per heavy atom. The zero-order chi connectivity index (χ0) is 27.0. The van der Waals surface area contributed by atoms with Gasteiger partial charge in [-0.15, -0.1) is 0 Å². The van der Waals surface area contributed by atoms with Gasteiger partial charge in [-0.3, -0.25) is 0 Å². The minimum Gasteiger partial charge on any atom is -1.00 e. The normalized spacial score (nSPS) is 13.1. The second-order valence-corrected chi connectivity index (χ2v) is 11.3. The van der Waals surface area contributed by atoms with Gasteiger partial charge < -0.3 is 8.38 Å². The molecule has 1 aliphatic rings. The number of hydrogen-bond acceptors (Lipinski definition) is 0. The van der Waals surface area contributed by atoms with Gasteiger partial charge in [0, 0.05) is 43.2 Å². The summed E-state index contributed by atoms with van der Waals surface area (Å²) in [6, 6.07) is 17.7. The first-order valence-electron chi connectivity index (χ1n) is 15.8. The molecule has 3 rings (SSSR count). The standard InChI is InChI=1S/C36H52N2.Pd.2H/c1-4-7-10-12-14-16-20-30-22-18-25-32(27-30)35-29-34(24-9-6-3)36(38(35)37)33-26-19-23-31(28-33)21-17-15-13-11-8-5-2;;;/h18-19,22-23,25-29H,4-17,20-21,24H2,1-3H3;;;/q;;2*-1. The molecule has 220 valence electrons. The molecule has 0 spiro atoms. The first-order chi connectivity index (χ1) is 18.7. The van der Waals surface area contributed by atoms with E-state index in [0.717, 1.165) is 54.6 Å². The van der Waals surface area contributed by atoms with Crippen LogP contribution in [-0.2, 0) is 33.3 Å². The molecule has 0 radical (unpaired) electrons. The van der Waals surface area contributed by atoms with E-state index in [0.29, 0.717) is 0 Å². The first kappa shape index (κ1) is 33.4. The maximum atomic E-state index is 11.5. The predicted octanol–water partition coefficient (Wildman–Crippen LogP) is 11.7. The monoisotopic (exact) mass is 620 g/mol. The van der Waals surface area contributed by atoms with Crippen LogP contribution in [0, 0.1) is 0 Å². The van der Waals surface area contributed by atoms with E-state index < -0.39 is 0 Å². The van der Waals surface area contributed by atoms with Crippen molar-refractivity contribution in [1.82, 2.24) is 0 Å². The Balaban J connectivity index is 0.00000533. The van der Waals surface area contributed by atoms with Crippen LogP contribution in [0.4, 0.5) is 0 Å². The molecule has 1 heterocycles. The topological polar surface area (TPSA) is 25.3 Å². The number of allylic oxidation sites excluding steroid dienone is 2. The van der Waals surface area contributed by atoms with Crippen molar-refractivity contribution in [3.05, 3.63) is 88.0 Å². The van der Waals surface area contributed by atoms with Crippen LogP contribution in [0.3, 0.4) is 0 Å². The quantitative estimate of drug-likeness (QED) is 0.0848. The minimum absolute atomic E-state index is 0. The summed E-state index contributed by atoms with van der Waals surface area (Å²) in [5.74, 6) is 0. The van der Waals surface area contributed by atoms with E-state index in [1.54, 1.807) is 0 Å².